The number of benzene rings is 1. The second kappa shape index (κ2) is 3.05. The maximum atomic E-state index is 9.20. The van der Waals surface area contributed by atoms with Crippen molar-refractivity contribution in [3.05, 3.63) is 42.9 Å². The molecule has 0 saturated heterocycles. The third-order valence-electron chi connectivity index (χ3n) is 2.01. The Labute approximate surface area is 76.9 Å². The number of aromatic hydroxyl groups is 1. The predicted octanol–water partition coefficient (Wildman–Crippen LogP) is 2.32. The number of phenolic OH excluding ortho intramolecular Hbond substituents is 1. The average Bonchev–Trinajstić information content (AvgIpc) is 2.17. The highest BCUT2D eigenvalue weighted by Gasteiger charge is 1.97. The van der Waals surface area contributed by atoms with Crippen molar-refractivity contribution in [2.24, 2.45) is 0 Å². The van der Waals surface area contributed by atoms with Crippen LogP contribution in [0.25, 0.3) is 10.9 Å². The van der Waals surface area contributed by atoms with Gasteiger partial charge >= 0.3 is 0 Å². The largest absolute Gasteiger partial charge is 0.508 e. The molecule has 1 aromatic carbocycles. The minimum absolute atomic E-state index is 0.252. The smallest absolute Gasteiger partial charge is 0.117 e. The molecule has 2 rings (SSSR count). The van der Waals surface area contributed by atoms with Crippen LogP contribution in [0.1, 0.15) is 5.56 Å². The molecule has 0 amide bonds. The van der Waals surface area contributed by atoms with Crippen molar-refractivity contribution in [3.63, 3.8) is 0 Å². The highest BCUT2D eigenvalue weighted by molar-refractivity contribution is 5.80. The molecule has 0 aliphatic heterocycles. The topological polar surface area (TPSA) is 33.1 Å². The summed E-state index contributed by atoms with van der Waals surface area (Å²) in [7, 11) is 0. The molecule has 0 spiro atoms. The zero-order chi connectivity index (χ0) is 9.26. The van der Waals surface area contributed by atoms with Crippen LogP contribution in [-0.2, 0) is 6.42 Å². The molecular formula is C11H10NO. The van der Waals surface area contributed by atoms with Crippen molar-refractivity contribution in [1.29, 1.82) is 0 Å². The zero-order valence-electron chi connectivity index (χ0n) is 7.20. The maximum Gasteiger partial charge on any atom is 0.117 e. The fourth-order valence-electron chi connectivity index (χ4n) is 1.29. The van der Waals surface area contributed by atoms with Crippen LogP contribution in [0.2, 0.25) is 0 Å². The SMILES string of the molecule is [CH2]Cc1cnc2cc(O)ccc2c1. The van der Waals surface area contributed by atoms with E-state index in [-0.39, 0.29) is 5.75 Å². The second-order valence-corrected chi connectivity index (χ2v) is 2.97. The molecule has 0 unspecified atom stereocenters. The lowest BCUT2D eigenvalue weighted by molar-refractivity contribution is 0.476. The van der Waals surface area contributed by atoms with Crippen molar-refractivity contribution in [1.82, 2.24) is 4.98 Å². The van der Waals surface area contributed by atoms with Gasteiger partial charge in [-0.25, -0.2) is 0 Å². The van der Waals surface area contributed by atoms with E-state index < -0.39 is 0 Å². The molecule has 1 radical (unpaired) electrons. The Morgan fingerprint density at radius 2 is 2.15 bits per heavy atom. The van der Waals surface area contributed by atoms with Crippen LogP contribution in [-0.4, -0.2) is 10.1 Å². The van der Waals surface area contributed by atoms with E-state index in [1.807, 2.05) is 12.1 Å². The zero-order valence-corrected chi connectivity index (χ0v) is 7.20. The number of phenols is 1. The van der Waals surface area contributed by atoms with Gasteiger partial charge in [-0.05, 0) is 37.1 Å². The highest BCUT2D eigenvalue weighted by Crippen LogP contribution is 2.18. The first kappa shape index (κ1) is 8.05. The number of rotatable bonds is 1. The molecule has 0 aliphatic rings. The molecule has 0 fully saturated rings. The van der Waals surface area contributed by atoms with Crippen molar-refractivity contribution in [2.75, 3.05) is 0 Å². The minimum atomic E-state index is 0.252. The molecule has 13 heavy (non-hydrogen) atoms. The summed E-state index contributed by atoms with van der Waals surface area (Å²) in [5.41, 5.74) is 1.93. The summed E-state index contributed by atoms with van der Waals surface area (Å²) in [4.78, 5) is 4.21. The predicted molar refractivity (Wildman–Crippen MR) is 52.5 cm³/mol. The standard InChI is InChI=1S/C11H10NO/c1-2-8-5-9-3-4-10(13)6-11(9)12-7-8/h3-7,13H,1-2H2. The number of hydrogen-bond acceptors (Lipinski definition) is 2. The Bertz CT molecular complexity index is 437. The fraction of sp³-hybridized carbons (Fsp3) is 0.0909. The molecule has 65 valence electrons. The van der Waals surface area contributed by atoms with E-state index in [2.05, 4.69) is 11.9 Å². The Balaban J connectivity index is 2.66. The molecule has 1 aromatic heterocycles. The van der Waals surface area contributed by atoms with E-state index in [4.69, 9.17) is 0 Å². The van der Waals surface area contributed by atoms with Gasteiger partial charge in [0.25, 0.3) is 0 Å². The van der Waals surface area contributed by atoms with Crippen LogP contribution in [0.4, 0.5) is 0 Å². The van der Waals surface area contributed by atoms with Crippen molar-refractivity contribution < 1.29 is 5.11 Å². The number of aromatic nitrogens is 1. The lowest BCUT2D eigenvalue weighted by atomic mass is 10.1. The summed E-state index contributed by atoms with van der Waals surface area (Å²) in [6.45, 7) is 3.79. The third-order valence-corrected chi connectivity index (χ3v) is 2.01. The molecule has 2 nitrogen and oxygen atoms in total. The van der Waals surface area contributed by atoms with Gasteiger partial charge in [-0.15, -0.1) is 0 Å². The number of fused-ring (bicyclic) bond motifs is 1. The first-order chi connectivity index (χ1) is 6.29. The molecule has 0 aliphatic carbocycles. The summed E-state index contributed by atoms with van der Waals surface area (Å²) in [6, 6.07) is 7.21. The number of hydrogen-bond donors (Lipinski definition) is 1. The van der Waals surface area contributed by atoms with Gasteiger partial charge in [0.2, 0.25) is 0 Å². The first-order valence-corrected chi connectivity index (χ1v) is 4.16. The maximum absolute atomic E-state index is 9.20. The Morgan fingerprint density at radius 1 is 1.31 bits per heavy atom. The van der Waals surface area contributed by atoms with Gasteiger partial charge in [0.05, 0.1) is 5.52 Å². The van der Waals surface area contributed by atoms with Gasteiger partial charge < -0.3 is 5.11 Å². The van der Waals surface area contributed by atoms with Crippen LogP contribution in [0.5, 0.6) is 5.75 Å². The monoisotopic (exact) mass is 172 g/mol. The van der Waals surface area contributed by atoms with Crippen molar-refractivity contribution >= 4 is 10.9 Å². The molecule has 0 atom stereocenters. The molecule has 0 saturated carbocycles. The Kier molecular flexibility index (Phi) is 1.89. The lowest BCUT2D eigenvalue weighted by Gasteiger charge is -2.00. The molecule has 1 heterocycles. The lowest BCUT2D eigenvalue weighted by Crippen LogP contribution is -1.84. The van der Waals surface area contributed by atoms with Crippen molar-refractivity contribution in [2.45, 2.75) is 6.42 Å². The van der Waals surface area contributed by atoms with Gasteiger partial charge in [0, 0.05) is 17.6 Å². The summed E-state index contributed by atoms with van der Waals surface area (Å²) in [5.74, 6) is 0.252. The average molecular weight is 172 g/mol. The number of pyridine rings is 1. The van der Waals surface area contributed by atoms with E-state index in [9.17, 15) is 5.11 Å². The molecule has 2 heteroatoms. The van der Waals surface area contributed by atoms with Gasteiger partial charge in [0.15, 0.2) is 0 Å². The second-order valence-electron chi connectivity index (χ2n) is 2.97. The van der Waals surface area contributed by atoms with Gasteiger partial charge in [-0.1, -0.05) is 0 Å². The van der Waals surface area contributed by atoms with E-state index in [0.29, 0.717) is 0 Å². The van der Waals surface area contributed by atoms with Crippen molar-refractivity contribution in [3.8, 4) is 5.75 Å². The fourth-order valence-corrected chi connectivity index (χ4v) is 1.29. The minimum Gasteiger partial charge on any atom is -0.508 e. The van der Waals surface area contributed by atoms with Gasteiger partial charge in [0.1, 0.15) is 5.75 Å². The normalized spacial score (nSPS) is 10.5. The molecular weight excluding hydrogens is 162 g/mol. The van der Waals surface area contributed by atoms with Crippen LogP contribution in [0, 0.1) is 6.92 Å². The quantitative estimate of drug-likeness (QED) is 0.716. The van der Waals surface area contributed by atoms with Crippen LogP contribution >= 0.6 is 0 Å². The van der Waals surface area contributed by atoms with E-state index in [1.54, 1.807) is 18.3 Å². The molecule has 1 N–H and O–H groups in total. The summed E-state index contributed by atoms with van der Waals surface area (Å²) >= 11 is 0. The van der Waals surface area contributed by atoms with Crippen LogP contribution in [0.3, 0.4) is 0 Å². The van der Waals surface area contributed by atoms with E-state index >= 15 is 0 Å². The van der Waals surface area contributed by atoms with Gasteiger partial charge in [-0.3, -0.25) is 4.98 Å². The van der Waals surface area contributed by atoms with Gasteiger partial charge in [-0.2, -0.15) is 0 Å². The Morgan fingerprint density at radius 3 is 2.92 bits per heavy atom. The summed E-state index contributed by atoms with van der Waals surface area (Å²) < 4.78 is 0. The number of nitrogens with zero attached hydrogens (tertiary/aromatic N) is 1. The van der Waals surface area contributed by atoms with Crippen LogP contribution < -0.4 is 0 Å². The highest BCUT2D eigenvalue weighted by atomic mass is 16.3. The summed E-state index contributed by atoms with van der Waals surface area (Å²) in [6.07, 6.45) is 2.53. The summed E-state index contributed by atoms with van der Waals surface area (Å²) in [5, 5.41) is 10.2. The third kappa shape index (κ3) is 1.47. The van der Waals surface area contributed by atoms with Crippen LogP contribution in [0.15, 0.2) is 30.5 Å². The first-order valence-electron chi connectivity index (χ1n) is 4.16. The molecule has 2 aromatic rings. The molecule has 0 bridgehead atoms. The Hall–Kier alpha value is -1.57. The van der Waals surface area contributed by atoms with E-state index in [1.165, 1.54) is 0 Å². The van der Waals surface area contributed by atoms with E-state index in [0.717, 1.165) is 22.9 Å².